The Morgan fingerprint density at radius 3 is 2.25 bits per heavy atom. The molecule has 0 saturated carbocycles. The Hall–Kier alpha value is -1.39. The first kappa shape index (κ1) is 4.76. The molecule has 1 heterocycles. The van der Waals surface area contributed by atoms with Crippen LogP contribution in [0.1, 0.15) is 0 Å². The Bertz CT molecular complexity index is 163. The van der Waals surface area contributed by atoms with E-state index in [2.05, 4.69) is 9.98 Å². The molecule has 0 amide bonds. The van der Waals surface area contributed by atoms with Gasteiger partial charge in [-0.3, -0.25) is 0 Å². The van der Waals surface area contributed by atoms with Crippen molar-refractivity contribution in [3.05, 3.63) is 5.21 Å². The fraction of sp³-hybridized carbons (Fsp3) is 0. The lowest BCUT2D eigenvalue weighted by molar-refractivity contribution is -0.727. The molecule has 1 N–H and O–H groups in total. The summed E-state index contributed by atoms with van der Waals surface area (Å²) >= 11 is 0. The third kappa shape index (κ3) is 0.651. The second-order valence-corrected chi connectivity index (χ2v) is 1.13. The lowest BCUT2D eigenvalue weighted by Crippen LogP contribution is -2.04. The third-order valence-corrected chi connectivity index (χ3v) is 0.618. The number of hydrogen-bond donors (Lipinski definition) is 1. The molecule has 0 aromatic rings. The minimum atomic E-state index is -0.389. The summed E-state index contributed by atoms with van der Waals surface area (Å²) < 4.78 is 0. The zero-order valence-electron chi connectivity index (χ0n) is 3.85. The second kappa shape index (κ2) is 1.61. The van der Waals surface area contributed by atoms with Gasteiger partial charge in [0.05, 0.1) is 0 Å². The molecule has 1 aliphatic rings. The number of nitrogens with zero attached hydrogens (tertiary/aromatic N) is 3. The van der Waals surface area contributed by atoms with Gasteiger partial charge in [-0.15, -0.1) is 0 Å². The van der Waals surface area contributed by atoms with Gasteiger partial charge in [0.1, 0.15) is 12.4 Å². The predicted octanol–water partition coefficient (Wildman–Crippen LogP) is -0.603. The van der Waals surface area contributed by atoms with Crippen molar-refractivity contribution in [3.8, 4) is 0 Å². The van der Waals surface area contributed by atoms with Crippen LogP contribution in [-0.4, -0.2) is 28.5 Å². The number of guanidine groups is 1. The summed E-state index contributed by atoms with van der Waals surface area (Å²) in [6.45, 7) is 0. The fourth-order valence-electron chi connectivity index (χ4n) is 0.332. The first-order valence-electron chi connectivity index (χ1n) is 1.90. The zero-order chi connectivity index (χ0) is 5.98. The molecular formula is C3H3N3O2. The molecule has 0 spiro atoms. The minimum Gasteiger partial charge on any atom is -0.514 e. The molecule has 0 atom stereocenters. The molecule has 0 saturated heterocycles. The summed E-state index contributed by atoms with van der Waals surface area (Å²) in [5, 5.41) is 17.9. The highest BCUT2D eigenvalue weighted by Crippen LogP contribution is 1.83. The zero-order valence-corrected chi connectivity index (χ0v) is 3.85. The first-order valence-corrected chi connectivity index (χ1v) is 1.90. The summed E-state index contributed by atoms with van der Waals surface area (Å²) in [5.74, 6) is -0.231. The maximum atomic E-state index is 9.85. The fourth-order valence-corrected chi connectivity index (χ4v) is 0.332. The van der Waals surface area contributed by atoms with Gasteiger partial charge in [0.15, 0.2) is 0 Å². The van der Waals surface area contributed by atoms with Crippen LogP contribution in [0.15, 0.2) is 9.98 Å². The Morgan fingerprint density at radius 2 is 2.00 bits per heavy atom. The van der Waals surface area contributed by atoms with Gasteiger partial charge in [0, 0.05) is 0 Å². The molecule has 0 aromatic carbocycles. The molecule has 0 unspecified atom stereocenters. The second-order valence-electron chi connectivity index (χ2n) is 1.13. The van der Waals surface area contributed by atoms with Crippen molar-refractivity contribution in [1.82, 2.24) is 0 Å². The van der Waals surface area contributed by atoms with E-state index in [1.54, 1.807) is 0 Å². The van der Waals surface area contributed by atoms with Gasteiger partial charge in [-0.25, -0.2) is 0 Å². The highest BCUT2D eigenvalue weighted by Gasteiger charge is 2.08. The molecule has 0 bridgehead atoms. The quantitative estimate of drug-likeness (QED) is 0.259. The SMILES string of the molecule is [O-][N+](O)=C1N=CC=N1. The molecular weight excluding hydrogens is 110 g/mol. The monoisotopic (exact) mass is 113 g/mol. The van der Waals surface area contributed by atoms with Crippen LogP contribution in [0, 0.1) is 5.21 Å². The van der Waals surface area contributed by atoms with Crippen molar-refractivity contribution in [2.75, 3.05) is 0 Å². The molecule has 1 aliphatic heterocycles. The van der Waals surface area contributed by atoms with E-state index in [1.165, 1.54) is 12.4 Å². The van der Waals surface area contributed by atoms with Crippen LogP contribution in [0.3, 0.4) is 0 Å². The molecule has 8 heavy (non-hydrogen) atoms. The van der Waals surface area contributed by atoms with Gasteiger partial charge in [-0.2, -0.15) is 0 Å². The van der Waals surface area contributed by atoms with Crippen LogP contribution < -0.4 is 0 Å². The highest BCUT2D eigenvalue weighted by atomic mass is 16.8. The van der Waals surface area contributed by atoms with E-state index in [1.807, 2.05) is 0 Å². The van der Waals surface area contributed by atoms with E-state index in [9.17, 15) is 5.21 Å². The third-order valence-electron chi connectivity index (χ3n) is 0.618. The molecule has 0 aliphatic carbocycles. The van der Waals surface area contributed by atoms with Crippen LogP contribution >= 0.6 is 0 Å². The van der Waals surface area contributed by atoms with Gasteiger partial charge >= 0.3 is 5.96 Å². The minimum absolute atomic E-state index is 0.231. The van der Waals surface area contributed by atoms with Gasteiger partial charge in [-0.05, 0) is 0 Å². The van der Waals surface area contributed by atoms with Gasteiger partial charge < -0.3 is 10.4 Å². The number of hydrogen-bond acceptors (Lipinski definition) is 2. The van der Waals surface area contributed by atoms with Crippen LogP contribution in [-0.2, 0) is 0 Å². The Kier molecular flexibility index (Phi) is 0.957. The molecule has 5 nitrogen and oxygen atoms in total. The summed E-state index contributed by atoms with van der Waals surface area (Å²) in [7, 11) is 0. The first-order chi connectivity index (χ1) is 3.80. The molecule has 42 valence electrons. The summed E-state index contributed by atoms with van der Waals surface area (Å²) in [5.41, 5.74) is 0. The van der Waals surface area contributed by atoms with Crippen LogP contribution in [0.5, 0.6) is 0 Å². The standard InChI is InChI=1S/C3H3N3O2/c7-6(8)3-4-1-2-5-3/h1-2H,(H,7,8). The topological polar surface area (TPSA) is 71.0 Å². The van der Waals surface area contributed by atoms with E-state index in [-0.39, 0.29) is 10.9 Å². The molecule has 0 radical (unpaired) electrons. The van der Waals surface area contributed by atoms with Crippen molar-refractivity contribution < 1.29 is 10.1 Å². The number of rotatable bonds is 0. The van der Waals surface area contributed by atoms with Crippen LogP contribution in [0.25, 0.3) is 0 Å². The smallest absolute Gasteiger partial charge is 0.467 e. The summed E-state index contributed by atoms with van der Waals surface area (Å²) in [6.07, 6.45) is 2.63. The van der Waals surface area contributed by atoms with Crippen molar-refractivity contribution in [2.45, 2.75) is 0 Å². The van der Waals surface area contributed by atoms with Crippen molar-refractivity contribution in [1.29, 1.82) is 0 Å². The summed E-state index contributed by atoms with van der Waals surface area (Å²) in [6, 6.07) is 0. The van der Waals surface area contributed by atoms with Gasteiger partial charge in [-0.1, -0.05) is 14.9 Å². The average molecular weight is 113 g/mol. The molecule has 0 fully saturated rings. The Labute approximate surface area is 44.9 Å². The molecule has 5 heteroatoms. The van der Waals surface area contributed by atoms with Crippen molar-refractivity contribution >= 4 is 18.4 Å². The Morgan fingerprint density at radius 1 is 1.50 bits per heavy atom. The number of aliphatic imine (C=N–C) groups is 2. The maximum Gasteiger partial charge on any atom is 0.467 e. The normalized spacial score (nSPS) is 15.2. The van der Waals surface area contributed by atoms with E-state index in [0.29, 0.717) is 0 Å². The van der Waals surface area contributed by atoms with E-state index in [0.717, 1.165) is 0 Å². The maximum absolute atomic E-state index is 9.85. The summed E-state index contributed by atoms with van der Waals surface area (Å²) in [4.78, 5) is 6.35. The lowest BCUT2D eigenvalue weighted by atomic mass is 10.9. The van der Waals surface area contributed by atoms with Gasteiger partial charge in [0.2, 0.25) is 0 Å². The van der Waals surface area contributed by atoms with Crippen LogP contribution in [0.4, 0.5) is 0 Å². The Balaban J connectivity index is 2.90. The van der Waals surface area contributed by atoms with Crippen molar-refractivity contribution in [2.24, 2.45) is 9.98 Å². The van der Waals surface area contributed by atoms with E-state index in [4.69, 9.17) is 5.21 Å². The predicted molar refractivity (Wildman–Crippen MR) is 27.4 cm³/mol. The van der Waals surface area contributed by atoms with E-state index < -0.39 is 0 Å². The molecule has 0 aromatic heterocycles. The highest BCUT2D eigenvalue weighted by molar-refractivity contribution is 6.25. The average Bonchev–Trinajstić information content (AvgIpc) is 2.12. The van der Waals surface area contributed by atoms with Crippen molar-refractivity contribution in [3.63, 3.8) is 0 Å². The van der Waals surface area contributed by atoms with E-state index >= 15 is 0 Å². The largest absolute Gasteiger partial charge is 0.514 e. The lowest BCUT2D eigenvalue weighted by Gasteiger charge is -1.89. The van der Waals surface area contributed by atoms with Gasteiger partial charge in [0.25, 0.3) is 0 Å². The van der Waals surface area contributed by atoms with Crippen LogP contribution in [0.2, 0.25) is 0 Å². The molecule has 1 rings (SSSR count).